The van der Waals surface area contributed by atoms with Gasteiger partial charge in [-0.15, -0.1) is 0 Å². The topological polar surface area (TPSA) is 26.0 Å². The van der Waals surface area contributed by atoms with Crippen LogP contribution in [0.3, 0.4) is 0 Å². The summed E-state index contributed by atoms with van der Waals surface area (Å²) >= 11 is 2.12. The highest BCUT2D eigenvalue weighted by molar-refractivity contribution is 14.1. The van der Waals surface area contributed by atoms with Crippen LogP contribution in [0.5, 0.6) is 0 Å². The van der Waals surface area contributed by atoms with Gasteiger partial charge in [-0.3, -0.25) is 0 Å². The summed E-state index contributed by atoms with van der Waals surface area (Å²) in [6, 6.07) is 5.09. The van der Waals surface area contributed by atoms with E-state index in [2.05, 4.69) is 22.6 Å². The van der Waals surface area contributed by atoms with Gasteiger partial charge in [-0.2, -0.15) is 0 Å². The van der Waals surface area contributed by atoms with Gasteiger partial charge in [0.05, 0.1) is 0 Å². The molecule has 2 N–H and O–H groups in total. The van der Waals surface area contributed by atoms with Crippen LogP contribution in [0.1, 0.15) is 30.9 Å². The van der Waals surface area contributed by atoms with E-state index in [1.807, 2.05) is 6.07 Å². The summed E-state index contributed by atoms with van der Waals surface area (Å²) in [6.45, 7) is 0. The molecule has 3 heteroatoms. The second-order valence-corrected chi connectivity index (χ2v) is 5.17. The predicted molar refractivity (Wildman–Crippen MR) is 63.4 cm³/mol. The van der Waals surface area contributed by atoms with Crippen LogP contribution in [-0.2, 0) is 0 Å². The molecule has 0 bridgehead atoms. The van der Waals surface area contributed by atoms with E-state index >= 15 is 0 Å². The van der Waals surface area contributed by atoms with E-state index in [0.29, 0.717) is 5.92 Å². The first-order chi connectivity index (χ1) is 6.66. The van der Waals surface area contributed by atoms with Gasteiger partial charge in [-0.05, 0) is 65.1 Å². The average Bonchev–Trinajstić information content (AvgIpc) is 1.98. The molecule has 0 spiro atoms. The lowest BCUT2D eigenvalue weighted by Gasteiger charge is -2.31. The van der Waals surface area contributed by atoms with Crippen LogP contribution < -0.4 is 5.73 Å². The molecule has 0 heterocycles. The maximum Gasteiger partial charge on any atom is 0.124 e. The minimum atomic E-state index is -0.179. The highest BCUT2D eigenvalue weighted by atomic mass is 127. The van der Waals surface area contributed by atoms with Crippen molar-refractivity contribution in [1.82, 2.24) is 0 Å². The van der Waals surface area contributed by atoms with Gasteiger partial charge in [-0.25, -0.2) is 4.39 Å². The molecule has 1 nitrogen and oxygen atoms in total. The molecule has 0 saturated heterocycles. The molecular weight excluding hydrogens is 292 g/mol. The molecule has 0 radical (unpaired) electrons. The lowest BCUT2D eigenvalue weighted by atomic mass is 9.77. The van der Waals surface area contributed by atoms with Crippen molar-refractivity contribution in [2.45, 2.75) is 25.3 Å². The molecule has 76 valence electrons. The Balaban J connectivity index is 2.21. The highest BCUT2D eigenvalue weighted by Gasteiger charge is 2.25. The lowest BCUT2D eigenvalue weighted by molar-refractivity contribution is 0.264. The van der Waals surface area contributed by atoms with E-state index < -0.39 is 0 Å². The summed E-state index contributed by atoms with van der Waals surface area (Å²) < 4.78 is 14.0. The fourth-order valence-corrected chi connectivity index (χ4v) is 2.50. The predicted octanol–water partition coefficient (Wildman–Crippen LogP) is 3.23. The largest absolute Gasteiger partial charge is 0.324 e. The molecule has 0 aliphatic heterocycles. The van der Waals surface area contributed by atoms with Crippen molar-refractivity contribution in [2.24, 2.45) is 11.7 Å². The van der Waals surface area contributed by atoms with Crippen molar-refractivity contribution in [3.8, 4) is 0 Å². The molecule has 1 aromatic carbocycles. The zero-order chi connectivity index (χ0) is 10.1. The van der Waals surface area contributed by atoms with Gasteiger partial charge < -0.3 is 5.73 Å². The molecule has 14 heavy (non-hydrogen) atoms. The molecule has 0 unspecified atom stereocenters. The summed E-state index contributed by atoms with van der Waals surface area (Å²) in [6.07, 6.45) is 3.65. The molecule has 2 rings (SSSR count). The van der Waals surface area contributed by atoms with Gasteiger partial charge >= 0.3 is 0 Å². The minimum absolute atomic E-state index is 0.0213. The molecule has 0 aromatic heterocycles. The fourth-order valence-electron chi connectivity index (χ4n) is 1.84. The van der Waals surface area contributed by atoms with E-state index in [1.54, 1.807) is 6.07 Å². The number of nitrogens with two attached hydrogens (primary N) is 1. The fraction of sp³-hybridized carbons (Fsp3) is 0.455. The standard InChI is InChI=1S/C11H13FIN/c12-9-4-8(5-10(13)6-9)11(14)7-2-1-3-7/h4-7,11H,1-3,14H2/t11-/m1/s1. The van der Waals surface area contributed by atoms with Crippen LogP contribution in [0.2, 0.25) is 0 Å². The van der Waals surface area contributed by atoms with Crippen LogP contribution >= 0.6 is 22.6 Å². The SMILES string of the molecule is N[C@@H](c1cc(F)cc(I)c1)C1CCC1. The molecule has 1 atom stereocenters. The first-order valence-corrected chi connectivity index (χ1v) is 5.96. The molecule has 1 aliphatic rings. The number of halogens is 2. The third-order valence-electron chi connectivity index (χ3n) is 2.93. The van der Waals surface area contributed by atoms with Gasteiger partial charge in [0.25, 0.3) is 0 Å². The Bertz CT molecular complexity index is 316. The van der Waals surface area contributed by atoms with Crippen molar-refractivity contribution in [1.29, 1.82) is 0 Å². The summed E-state index contributed by atoms with van der Waals surface area (Å²) in [5.41, 5.74) is 7.01. The molecular formula is C11H13FIN. The first-order valence-electron chi connectivity index (χ1n) is 4.88. The first kappa shape index (κ1) is 10.4. The smallest absolute Gasteiger partial charge is 0.124 e. The number of benzene rings is 1. The van der Waals surface area contributed by atoms with Crippen LogP contribution in [-0.4, -0.2) is 0 Å². The van der Waals surface area contributed by atoms with Gasteiger partial charge in [0, 0.05) is 9.61 Å². The lowest BCUT2D eigenvalue weighted by Crippen LogP contribution is -2.26. The Hall–Kier alpha value is -0.160. The zero-order valence-corrected chi connectivity index (χ0v) is 10.00. The minimum Gasteiger partial charge on any atom is -0.324 e. The summed E-state index contributed by atoms with van der Waals surface area (Å²) in [4.78, 5) is 0. The van der Waals surface area contributed by atoms with Gasteiger partial charge in [-0.1, -0.05) is 6.42 Å². The molecule has 1 fully saturated rings. The normalized spacial score (nSPS) is 19.1. The van der Waals surface area contributed by atoms with E-state index in [0.717, 1.165) is 9.13 Å². The van der Waals surface area contributed by atoms with Crippen LogP contribution in [0.4, 0.5) is 4.39 Å². The van der Waals surface area contributed by atoms with Crippen LogP contribution in [0.15, 0.2) is 18.2 Å². The Morgan fingerprint density at radius 2 is 2.07 bits per heavy atom. The Morgan fingerprint density at radius 1 is 1.36 bits per heavy atom. The van der Waals surface area contributed by atoms with Crippen LogP contribution in [0.25, 0.3) is 0 Å². The molecule has 1 aliphatic carbocycles. The van der Waals surface area contributed by atoms with Crippen molar-refractivity contribution in [3.05, 3.63) is 33.1 Å². The van der Waals surface area contributed by atoms with E-state index in [1.165, 1.54) is 25.3 Å². The maximum atomic E-state index is 13.1. The molecule has 1 saturated carbocycles. The third-order valence-corrected chi connectivity index (χ3v) is 3.55. The van der Waals surface area contributed by atoms with Crippen molar-refractivity contribution >= 4 is 22.6 Å². The van der Waals surface area contributed by atoms with E-state index in [9.17, 15) is 4.39 Å². The maximum absolute atomic E-state index is 13.1. The third kappa shape index (κ3) is 2.08. The van der Waals surface area contributed by atoms with Gasteiger partial charge in [0.1, 0.15) is 5.82 Å². The Labute approximate surface area is 97.0 Å². The number of rotatable bonds is 2. The van der Waals surface area contributed by atoms with Crippen molar-refractivity contribution in [3.63, 3.8) is 0 Å². The van der Waals surface area contributed by atoms with Gasteiger partial charge in [0.15, 0.2) is 0 Å². The zero-order valence-electron chi connectivity index (χ0n) is 7.84. The second kappa shape index (κ2) is 4.14. The Kier molecular flexibility index (Phi) is 3.07. The van der Waals surface area contributed by atoms with Crippen molar-refractivity contribution < 1.29 is 4.39 Å². The molecule has 0 amide bonds. The second-order valence-electron chi connectivity index (χ2n) is 3.92. The van der Waals surface area contributed by atoms with Gasteiger partial charge in [0.2, 0.25) is 0 Å². The number of hydrogen-bond acceptors (Lipinski definition) is 1. The average molecular weight is 305 g/mol. The van der Waals surface area contributed by atoms with Crippen LogP contribution in [0, 0.1) is 15.3 Å². The summed E-state index contributed by atoms with van der Waals surface area (Å²) in [7, 11) is 0. The molecule has 1 aromatic rings. The van der Waals surface area contributed by atoms with E-state index in [-0.39, 0.29) is 11.9 Å². The summed E-state index contributed by atoms with van der Waals surface area (Å²) in [5, 5.41) is 0. The summed E-state index contributed by atoms with van der Waals surface area (Å²) in [5.74, 6) is 0.384. The van der Waals surface area contributed by atoms with E-state index in [4.69, 9.17) is 5.73 Å². The highest BCUT2D eigenvalue weighted by Crippen LogP contribution is 2.36. The number of hydrogen-bond donors (Lipinski definition) is 1. The monoisotopic (exact) mass is 305 g/mol. The quantitative estimate of drug-likeness (QED) is 0.834. The van der Waals surface area contributed by atoms with Crippen molar-refractivity contribution in [2.75, 3.05) is 0 Å². The Morgan fingerprint density at radius 3 is 2.57 bits per heavy atom.